The molecule has 1 aromatic rings. The number of carbonyl (C=O) groups is 2. The topological polar surface area (TPSA) is 66.4 Å². The van der Waals surface area contributed by atoms with Crippen molar-refractivity contribution >= 4 is 11.9 Å². The summed E-state index contributed by atoms with van der Waals surface area (Å²) in [5, 5.41) is 10.8. The summed E-state index contributed by atoms with van der Waals surface area (Å²) >= 11 is 0. The highest BCUT2D eigenvalue weighted by Crippen LogP contribution is 2.25. The Kier molecular flexibility index (Phi) is 4.75. The van der Waals surface area contributed by atoms with Crippen molar-refractivity contribution in [2.75, 3.05) is 0 Å². The molecule has 0 saturated carbocycles. The molecule has 0 bridgehead atoms. The molecule has 0 aliphatic rings. The average Bonchev–Trinajstić information content (AvgIpc) is 2.34. The molecule has 0 aliphatic carbocycles. The Hall–Kier alpha value is -2.05. The SMILES string of the molecule is CC(C)C(NC(=O)C(F)(F)F)c1cccc(C(=O)O)c1. The average molecular weight is 289 g/mol. The number of benzene rings is 1. The maximum atomic E-state index is 12.3. The largest absolute Gasteiger partial charge is 0.478 e. The van der Waals surface area contributed by atoms with E-state index in [0.29, 0.717) is 5.56 Å². The van der Waals surface area contributed by atoms with Crippen LogP contribution < -0.4 is 5.32 Å². The Morgan fingerprint density at radius 1 is 1.25 bits per heavy atom. The monoisotopic (exact) mass is 289 g/mol. The van der Waals surface area contributed by atoms with Gasteiger partial charge in [-0.25, -0.2) is 4.79 Å². The highest BCUT2D eigenvalue weighted by atomic mass is 19.4. The summed E-state index contributed by atoms with van der Waals surface area (Å²) in [6.45, 7) is 3.27. The fraction of sp³-hybridized carbons (Fsp3) is 0.385. The summed E-state index contributed by atoms with van der Waals surface area (Å²) in [5.74, 6) is -3.56. The zero-order chi connectivity index (χ0) is 15.5. The molecular weight excluding hydrogens is 275 g/mol. The van der Waals surface area contributed by atoms with Crippen LogP contribution in [0.1, 0.15) is 35.8 Å². The summed E-state index contributed by atoms with van der Waals surface area (Å²) in [4.78, 5) is 21.9. The molecule has 1 unspecified atom stereocenters. The van der Waals surface area contributed by atoms with Crippen LogP contribution in [0.4, 0.5) is 13.2 Å². The maximum Gasteiger partial charge on any atom is 0.471 e. The highest BCUT2D eigenvalue weighted by molar-refractivity contribution is 5.88. The first-order chi connectivity index (χ1) is 9.12. The number of amides is 1. The lowest BCUT2D eigenvalue weighted by atomic mass is 9.94. The second kappa shape index (κ2) is 5.94. The van der Waals surface area contributed by atoms with E-state index >= 15 is 0 Å². The molecule has 110 valence electrons. The number of carbonyl (C=O) groups excluding carboxylic acids is 1. The highest BCUT2D eigenvalue weighted by Gasteiger charge is 2.40. The molecule has 0 spiro atoms. The molecule has 0 heterocycles. The van der Waals surface area contributed by atoms with Crippen LogP contribution in [0.3, 0.4) is 0 Å². The van der Waals surface area contributed by atoms with E-state index in [1.165, 1.54) is 24.3 Å². The number of alkyl halides is 3. The van der Waals surface area contributed by atoms with E-state index in [1.54, 1.807) is 13.8 Å². The smallest absolute Gasteiger partial charge is 0.471 e. The fourth-order valence-electron chi connectivity index (χ4n) is 1.72. The normalized spacial score (nSPS) is 13.1. The van der Waals surface area contributed by atoms with Gasteiger partial charge in [0.05, 0.1) is 11.6 Å². The molecule has 0 fully saturated rings. The van der Waals surface area contributed by atoms with Crippen LogP contribution >= 0.6 is 0 Å². The zero-order valence-electron chi connectivity index (χ0n) is 10.9. The lowest BCUT2D eigenvalue weighted by Gasteiger charge is -2.23. The van der Waals surface area contributed by atoms with Gasteiger partial charge in [-0.3, -0.25) is 4.79 Å². The molecule has 1 amide bonds. The lowest BCUT2D eigenvalue weighted by Crippen LogP contribution is -2.40. The second-order valence-electron chi connectivity index (χ2n) is 4.62. The van der Waals surface area contributed by atoms with Gasteiger partial charge in [-0.15, -0.1) is 0 Å². The van der Waals surface area contributed by atoms with Crippen molar-refractivity contribution in [3.05, 3.63) is 35.4 Å². The van der Waals surface area contributed by atoms with E-state index in [2.05, 4.69) is 0 Å². The summed E-state index contributed by atoms with van der Waals surface area (Å²) < 4.78 is 36.9. The Morgan fingerprint density at radius 2 is 1.85 bits per heavy atom. The van der Waals surface area contributed by atoms with Crippen LogP contribution in [0.2, 0.25) is 0 Å². The Bertz CT molecular complexity index is 512. The third-order valence-corrected chi connectivity index (χ3v) is 2.70. The summed E-state index contributed by atoms with van der Waals surface area (Å²) in [6.07, 6.45) is -4.97. The van der Waals surface area contributed by atoms with Gasteiger partial charge in [0.1, 0.15) is 0 Å². The van der Waals surface area contributed by atoms with Crippen LogP contribution in [-0.2, 0) is 4.79 Å². The molecule has 0 saturated heterocycles. The van der Waals surface area contributed by atoms with E-state index in [1.807, 2.05) is 5.32 Å². The molecule has 1 atom stereocenters. The Labute approximate surface area is 113 Å². The maximum absolute atomic E-state index is 12.3. The van der Waals surface area contributed by atoms with Gasteiger partial charge in [-0.05, 0) is 23.6 Å². The minimum absolute atomic E-state index is 0.0468. The molecular formula is C13H14F3NO3. The molecule has 1 rings (SSSR count). The van der Waals surface area contributed by atoms with E-state index in [4.69, 9.17) is 5.11 Å². The number of hydrogen-bond donors (Lipinski definition) is 2. The van der Waals surface area contributed by atoms with Crippen molar-refractivity contribution in [3.63, 3.8) is 0 Å². The molecule has 20 heavy (non-hydrogen) atoms. The standard InChI is InChI=1S/C13H14F3NO3/c1-7(2)10(17-12(20)13(14,15)16)8-4-3-5-9(6-8)11(18)19/h3-7,10H,1-2H3,(H,17,20)(H,18,19). The molecule has 1 aromatic carbocycles. The zero-order valence-corrected chi connectivity index (χ0v) is 10.9. The number of rotatable bonds is 4. The number of aromatic carboxylic acids is 1. The Morgan fingerprint density at radius 3 is 2.30 bits per heavy atom. The molecule has 0 aromatic heterocycles. The summed E-state index contributed by atoms with van der Waals surface area (Å²) in [7, 11) is 0. The van der Waals surface area contributed by atoms with Crippen molar-refractivity contribution < 1.29 is 27.9 Å². The van der Waals surface area contributed by atoms with Crippen LogP contribution in [0.5, 0.6) is 0 Å². The molecule has 4 nitrogen and oxygen atoms in total. The first-order valence-corrected chi connectivity index (χ1v) is 5.84. The number of carboxylic acids is 1. The van der Waals surface area contributed by atoms with Crippen LogP contribution in [0.25, 0.3) is 0 Å². The van der Waals surface area contributed by atoms with Crippen LogP contribution in [0, 0.1) is 5.92 Å². The van der Waals surface area contributed by atoms with Crippen molar-refractivity contribution in [2.45, 2.75) is 26.1 Å². The van der Waals surface area contributed by atoms with Crippen molar-refractivity contribution in [3.8, 4) is 0 Å². The predicted octanol–water partition coefficient (Wildman–Crippen LogP) is 2.76. The number of nitrogens with one attached hydrogen (secondary N) is 1. The van der Waals surface area contributed by atoms with Gasteiger partial charge in [0.2, 0.25) is 0 Å². The second-order valence-corrected chi connectivity index (χ2v) is 4.62. The third kappa shape index (κ3) is 3.97. The predicted molar refractivity (Wildman–Crippen MR) is 65.2 cm³/mol. The number of carboxylic acid groups (broad SMARTS) is 1. The first-order valence-electron chi connectivity index (χ1n) is 5.84. The van der Waals surface area contributed by atoms with E-state index in [9.17, 15) is 22.8 Å². The molecule has 2 N–H and O–H groups in total. The third-order valence-electron chi connectivity index (χ3n) is 2.70. The summed E-state index contributed by atoms with van der Waals surface area (Å²) in [5.41, 5.74) is 0.270. The van der Waals surface area contributed by atoms with E-state index < -0.39 is 24.1 Å². The van der Waals surface area contributed by atoms with Gasteiger partial charge in [-0.1, -0.05) is 26.0 Å². The van der Waals surface area contributed by atoms with Crippen molar-refractivity contribution in [2.24, 2.45) is 5.92 Å². The fourth-order valence-corrected chi connectivity index (χ4v) is 1.72. The molecule has 0 aliphatic heterocycles. The van der Waals surface area contributed by atoms with Gasteiger partial charge in [0.25, 0.3) is 0 Å². The number of hydrogen-bond acceptors (Lipinski definition) is 2. The van der Waals surface area contributed by atoms with Crippen molar-refractivity contribution in [1.29, 1.82) is 0 Å². The van der Waals surface area contributed by atoms with E-state index in [0.717, 1.165) is 0 Å². The molecule has 0 radical (unpaired) electrons. The minimum atomic E-state index is -4.97. The van der Waals surface area contributed by atoms with Gasteiger partial charge < -0.3 is 10.4 Å². The van der Waals surface area contributed by atoms with Crippen molar-refractivity contribution in [1.82, 2.24) is 5.32 Å². The van der Waals surface area contributed by atoms with Gasteiger partial charge >= 0.3 is 18.1 Å². The van der Waals surface area contributed by atoms with Gasteiger partial charge in [-0.2, -0.15) is 13.2 Å². The lowest BCUT2D eigenvalue weighted by molar-refractivity contribution is -0.174. The van der Waals surface area contributed by atoms with Gasteiger partial charge in [0, 0.05) is 0 Å². The summed E-state index contributed by atoms with van der Waals surface area (Å²) in [6, 6.07) is 4.57. The minimum Gasteiger partial charge on any atom is -0.478 e. The van der Waals surface area contributed by atoms with Crippen LogP contribution in [0.15, 0.2) is 24.3 Å². The molecule has 7 heteroatoms. The Balaban J connectivity index is 3.06. The first kappa shape index (κ1) is 16.0. The van der Waals surface area contributed by atoms with Crippen LogP contribution in [-0.4, -0.2) is 23.2 Å². The quantitative estimate of drug-likeness (QED) is 0.895. The van der Waals surface area contributed by atoms with E-state index in [-0.39, 0.29) is 11.5 Å². The number of halogens is 3. The van der Waals surface area contributed by atoms with Gasteiger partial charge in [0.15, 0.2) is 0 Å².